The first-order valence-electron chi connectivity index (χ1n) is 11.2. The lowest BCUT2D eigenvalue weighted by molar-refractivity contribution is -0.130. The van der Waals surface area contributed by atoms with Crippen molar-refractivity contribution in [2.75, 3.05) is 4.90 Å². The number of aryl methyl sites for hydroxylation is 1. The number of carbonyl (C=O) groups excluding carboxylic acids is 1. The molecular formula is C30H29NO2. The maximum Gasteiger partial charge on any atom is 0.338 e. The zero-order chi connectivity index (χ0) is 23.4. The van der Waals surface area contributed by atoms with Gasteiger partial charge in [0.2, 0.25) is 0 Å². The van der Waals surface area contributed by atoms with Crippen molar-refractivity contribution < 1.29 is 9.53 Å². The van der Waals surface area contributed by atoms with Gasteiger partial charge in [0.1, 0.15) is 5.75 Å². The predicted molar refractivity (Wildman–Crippen MR) is 137 cm³/mol. The molecule has 3 aromatic rings. The zero-order valence-corrected chi connectivity index (χ0v) is 19.5. The summed E-state index contributed by atoms with van der Waals surface area (Å²) in [6.45, 7) is 9.55. The molecule has 0 unspecified atom stereocenters. The van der Waals surface area contributed by atoms with E-state index in [1.165, 1.54) is 16.8 Å². The van der Waals surface area contributed by atoms with Gasteiger partial charge in [-0.15, -0.1) is 0 Å². The lowest BCUT2D eigenvalue weighted by Crippen LogP contribution is -2.17. The van der Waals surface area contributed by atoms with Crippen molar-refractivity contribution in [3.05, 3.63) is 114 Å². The van der Waals surface area contributed by atoms with Gasteiger partial charge < -0.3 is 9.64 Å². The largest absolute Gasteiger partial charge is 0.423 e. The van der Waals surface area contributed by atoms with Crippen molar-refractivity contribution in [3.63, 3.8) is 0 Å². The Morgan fingerprint density at radius 3 is 1.85 bits per heavy atom. The maximum atomic E-state index is 11.7. The van der Waals surface area contributed by atoms with E-state index in [1.807, 2.05) is 24.3 Å². The molecule has 0 N–H and O–H groups in total. The van der Waals surface area contributed by atoms with E-state index in [-0.39, 0.29) is 0 Å². The molecule has 0 radical (unpaired) electrons. The van der Waals surface area contributed by atoms with E-state index in [4.69, 9.17) is 4.74 Å². The van der Waals surface area contributed by atoms with Crippen LogP contribution in [-0.4, -0.2) is 5.97 Å². The molecule has 33 heavy (non-hydrogen) atoms. The molecule has 3 nitrogen and oxygen atoms in total. The molecule has 1 aliphatic rings. The van der Waals surface area contributed by atoms with E-state index in [1.54, 1.807) is 6.92 Å². The summed E-state index contributed by atoms with van der Waals surface area (Å²) in [5.41, 5.74) is 8.80. The highest BCUT2D eigenvalue weighted by Crippen LogP contribution is 2.35. The fourth-order valence-electron chi connectivity index (χ4n) is 3.80. The normalized spacial score (nSPS) is 13.1. The second-order valence-electron chi connectivity index (χ2n) is 8.58. The van der Waals surface area contributed by atoms with E-state index < -0.39 is 5.97 Å². The number of anilines is 2. The Hall–Kier alpha value is -3.85. The van der Waals surface area contributed by atoms with Gasteiger partial charge in [-0.25, -0.2) is 4.79 Å². The van der Waals surface area contributed by atoms with Crippen molar-refractivity contribution in [1.29, 1.82) is 0 Å². The van der Waals surface area contributed by atoms with Crippen LogP contribution in [0.5, 0.6) is 5.75 Å². The number of hydrogen-bond donors (Lipinski definition) is 0. The monoisotopic (exact) mass is 435 g/mol. The first kappa shape index (κ1) is 22.3. The fourth-order valence-corrected chi connectivity index (χ4v) is 3.80. The van der Waals surface area contributed by atoms with E-state index in [2.05, 4.69) is 86.0 Å². The van der Waals surface area contributed by atoms with Gasteiger partial charge in [0.25, 0.3) is 0 Å². The predicted octanol–water partition coefficient (Wildman–Crippen LogP) is 7.91. The maximum absolute atomic E-state index is 11.7. The topological polar surface area (TPSA) is 29.5 Å². The summed E-state index contributed by atoms with van der Waals surface area (Å²) in [4.78, 5) is 14.1. The number of benzene rings is 3. The van der Waals surface area contributed by atoms with Crippen molar-refractivity contribution in [2.45, 2.75) is 33.6 Å². The first-order valence-corrected chi connectivity index (χ1v) is 11.2. The molecule has 0 aromatic heterocycles. The molecule has 0 saturated heterocycles. The van der Waals surface area contributed by atoms with Gasteiger partial charge >= 0.3 is 5.97 Å². The van der Waals surface area contributed by atoms with Crippen LogP contribution in [-0.2, 0) is 4.79 Å². The molecule has 0 bridgehead atoms. The number of rotatable bonds is 6. The van der Waals surface area contributed by atoms with Crippen LogP contribution in [0, 0.1) is 6.92 Å². The number of nitrogens with zero attached hydrogens (tertiary/aromatic N) is 1. The Bertz CT molecular complexity index is 1210. The average molecular weight is 436 g/mol. The molecule has 1 aliphatic carbocycles. The van der Waals surface area contributed by atoms with Crippen molar-refractivity contribution >= 4 is 17.3 Å². The molecule has 0 aliphatic heterocycles. The van der Waals surface area contributed by atoms with Crippen LogP contribution in [0.4, 0.5) is 11.4 Å². The fraction of sp³-hybridized carbons (Fsp3) is 0.167. The van der Waals surface area contributed by atoms with Crippen LogP contribution >= 0.6 is 0 Å². The van der Waals surface area contributed by atoms with Crippen molar-refractivity contribution in [3.8, 4) is 16.9 Å². The third kappa shape index (κ3) is 5.32. The van der Waals surface area contributed by atoms with Crippen molar-refractivity contribution in [1.82, 2.24) is 0 Å². The second kappa shape index (κ2) is 9.74. The third-order valence-corrected chi connectivity index (χ3v) is 5.79. The Balaban J connectivity index is 1.61. The lowest BCUT2D eigenvalue weighted by atomic mass is 10.0. The van der Waals surface area contributed by atoms with E-state index in [0.717, 1.165) is 35.3 Å². The number of allylic oxidation sites excluding steroid dienone is 4. The molecule has 0 heterocycles. The minimum atomic E-state index is -0.412. The summed E-state index contributed by atoms with van der Waals surface area (Å²) < 4.78 is 5.29. The molecule has 3 heteroatoms. The summed E-state index contributed by atoms with van der Waals surface area (Å²) in [5, 5.41) is 0. The molecule has 4 rings (SSSR count). The summed E-state index contributed by atoms with van der Waals surface area (Å²) in [5.74, 6) is 0.104. The zero-order valence-electron chi connectivity index (χ0n) is 19.5. The van der Waals surface area contributed by atoms with Gasteiger partial charge in [-0.05, 0) is 87.2 Å². The van der Waals surface area contributed by atoms with Gasteiger partial charge in [-0.2, -0.15) is 0 Å². The summed E-state index contributed by atoms with van der Waals surface area (Å²) in [6, 6.07) is 24.8. The summed E-state index contributed by atoms with van der Waals surface area (Å²) in [6.07, 6.45) is 6.55. The SMILES string of the molecule is C=C(C)C(=O)Oc1ccc(-c2ccc(N(C3=CC=C(C)CC3)c3ccc(C)cc3)cc2)cc1. The van der Waals surface area contributed by atoms with Crippen LogP contribution in [0.25, 0.3) is 11.1 Å². The third-order valence-electron chi connectivity index (χ3n) is 5.79. The lowest BCUT2D eigenvalue weighted by Gasteiger charge is -2.29. The van der Waals surface area contributed by atoms with Crippen LogP contribution in [0.2, 0.25) is 0 Å². The van der Waals surface area contributed by atoms with Gasteiger partial charge in [0.05, 0.1) is 0 Å². The quantitative estimate of drug-likeness (QED) is 0.224. The van der Waals surface area contributed by atoms with Gasteiger partial charge in [0, 0.05) is 22.6 Å². The minimum absolute atomic E-state index is 0.381. The Morgan fingerprint density at radius 2 is 1.33 bits per heavy atom. The Labute approximate surface area is 196 Å². The molecule has 0 atom stereocenters. The average Bonchev–Trinajstić information content (AvgIpc) is 2.82. The molecule has 166 valence electrons. The number of ether oxygens (including phenoxy) is 1. The number of esters is 1. The highest BCUT2D eigenvalue weighted by Gasteiger charge is 2.16. The molecule has 0 spiro atoms. The van der Waals surface area contributed by atoms with Crippen LogP contribution < -0.4 is 9.64 Å². The van der Waals surface area contributed by atoms with Crippen molar-refractivity contribution in [2.24, 2.45) is 0 Å². The van der Waals surface area contributed by atoms with E-state index in [0.29, 0.717) is 11.3 Å². The smallest absolute Gasteiger partial charge is 0.338 e. The van der Waals surface area contributed by atoms with Crippen LogP contribution in [0.3, 0.4) is 0 Å². The second-order valence-corrected chi connectivity index (χ2v) is 8.58. The van der Waals surface area contributed by atoms with E-state index in [9.17, 15) is 4.79 Å². The molecule has 3 aromatic carbocycles. The number of hydrogen-bond acceptors (Lipinski definition) is 3. The molecule has 0 saturated carbocycles. The van der Waals surface area contributed by atoms with Crippen LogP contribution in [0.15, 0.2) is 108 Å². The van der Waals surface area contributed by atoms with Gasteiger partial charge in [0.15, 0.2) is 0 Å². The Morgan fingerprint density at radius 1 is 0.788 bits per heavy atom. The number of carbonyl (C=O) groups is 1. The highest BCUT2D eigenvalue weighted by atomic mass is 16.5. The standard InChI is InChI=1S/C30H29NO2/c1-21(2)30(32)33-29-19-11-25(12-20-29)24-9-17-28(18-10-24)31(26-13-5-22(3)6-14-26)27-15-7-23(4)8-16-27/h5-7,9-15,17-20H,1,8,16H2,2-4H3. The van der Waals surface area contributed by atoms with E-state index >= 15 is 0 Å². The van der Waals surface area contributed by atoms with Gasteiger partial charge in [-0.3, -0.25) is 0 Å². The molecule has 0 amide bonds. The molecule has 0 fully saturated rings. The molecular weight excluding hydrogens is 406 g/mol. The first-order chi connectivity index (χ1) is 15.9. The minimum Gasteiger partial charge on any atom is -0.423 e. The Kier molecular flexibility index (Phi) is 6.60. The van der Waals surface area contributed by atoms with Crippen LogP contribution in [0.1, 0.15) is 32.3 Å². The van der Waals surface area contributed by atoms with Gasteiger partial charge in [-0.1, -0.05) is 60.2 Å². The summed E-state index contributed by atoms with van der Waals surface area (Å²) in [7, 11) is 0. The highest BCUT2D eigenvalue weighted by molar-refractivity contribution is 5.88. The summed E-state index contributed by atoms with van der Waals surface area (Å²) >= 11 is 0.